The molecule has 0 radical (unpaired) electrons. The largest absolute Gasteiger partial charge is 0.311 e. The first-order chi connectivity index (χ1) is 9.38. The molecule has 3 rings (SSSR count). The molecule has 4 nitrogen and oxygen atoms in total. The molecule has 96 valence electrons. The smallest absolute Gasteiger partial charge is 0.148 e. The molecule has 0 aliphatic heterocycles. The summed E-state index contributed by atoms with van der Waals surface area (Å²) < 4.78 is 0. The van der Waals surface area contributed by atoms with Crippen LogP contribution in [-0.2, 0) is 6.54 Å². The summed E-state index contributed by atoms with van der Waals surface area (Å²) >= 11 is 1.63. The molecule has 0 saturated heterocycles. The number of hydrogen-bond donors (Lipinski definition) is 1. The van der Waals surface area contributed by atoms with E-state index in [-0.39, 0.29) is 0 Å². The van der Waals surface area contributed by atoms with Gasteiger partial charge in [-0.25, -0.2) is 0 Å². The highest BCUT2D eigenvalue weighted by Crippen LogP contribution is 2.29. The lowest BCUT2D eigenvalue weighted by Crippen LogP contribution is -2.11. The maximum absolute atomic E-state index is 4.37. The van der Waals surface area contributed by atoms with Crippen molar-refractivity contribution in [2.45, 2.75) is 13.5 Å². The monoisotopic (exact) mass is 270 g/mol. The van der Waals surface area contributed by atoms with Crippen molar-refractivity contribution in [3.8, 4) is 10.6 Å². The molecule has 0 unspecified atom stereocenters. The summed E-state index contributed by atoms with van der Waals surface area (Å²) in [5, 5.41) is 14.9. The van der Waals surface area contributed by atoms with Crippen molar-refractivity contribution in [3.05, 3.63) is 41.5 Å². The average Bonchev–Trinajstić information content (AvgIpc) is 2.93. The summed E-state index contributed by atoms with van der Waals surface area (Å²) in [6.45, 7) is 3.79. The van der Waals surface area contributed by atoms with E-state index in [1.165, 1.54) is 0 Å². The van der Waals surface area contributed by atoms with Crippen LogP contribution in [0.4, 0.5) is 0 Å². The van der Waals surface area contributed by atoms with Gasteiger partial charge >= 0.3 is 0 Å². The molecule has 2 aromatic heterocycles. The highest BCUT2D eigenvalue weighted by Gasteiger charge is 2.09. The van der Waals surface area contributed by atoms with Gasteiger partial charge in [-0.15, -0.1) is 10.2 Å². The Kier molecular flexibility index (Phi) is 3.48. The molecule has 1 N–H and O–H groups in total. The number of fused-ring (bicyclic) bond motifs is 1. The van der Waals surface area contributed by atoms with Crippen molar-refractivity contribution in [1.29, 1.82) is 0 Å². The molecule has 0 aliphatic carbocycles. The van der Waals surface area contributed by atoms with E-state index in [2.05, 4.69) is 39.6 Å². The zero-order valence-corrected chi connectivity index (χ0v) is 11.4. The lowest BCUT2D eigenvalue weighted by atomic mass is 10.1. The van der Waals surface area contributed by atoms with Crippen molar-refractivity contribution in [3.63, 3.8) is 0 Å². The van der Waals surface area contributed by atoms with Crippen LogP contribution in [0.3, 0.4) is 0 Å². The topological polar surface area (TPSA) is 50.7 Å². The van der Waals surface area contributed by atoms with Gasteiger partial charge in [0.2, 0.25) is 0 Å². The van der Waals surface area contributed by atoms with E-state index in [1.807, 2.05) is 24.4 Å². The van der Waals surface area contributed by atoms with Gasteiger partial charge in [0.25, 0.3) is 0 Å². The Hall–Kier alpha value is -1.85. The Morgan fingerprint density at radius 1 is 1.16 bits per heavy atom. The maximum Gasteiger partial charge on any atom is 0.148 e. The molecule has 0 amide bonds. The van der Waals surface area contributed by atoms with E-state index in [0.717, 1.165) is 39.6 Å². The molecule has 2 heterocycles. The van der Waals surface area contributed by atoms with Crippen LogP contribution in [0.5, 0.6) is 0 Å². The second-order valence-corrected chi connectivity index (χ2v) is 5.22. The molecule has 0 spiro atoms. The highest BCUT2D eigenvalue weighted by atomic mass is 32.1. The minimum Gasteiger partial charge on any atom is -0.311 e. The van der Waals surface area contributed by atoms with Crippen LogP contribution < -0.4 is 5.32 Å². The fourth-order valence-electron chi connectivity index (χ4n) is 1.96. The molecule has 5 heteroatoms. The Morgan fingerprint density at radius 2 is 2.11 bits per heavy atom. The Labute approximate surface area is 115 Å². The minimum absolute atomic E-state index is 0.775. The zero-order valence-electron chi connectivity index (χ0n) is 10.6. The predicted molar refractivity (Wildman–Crippen MR) is 78.0 cm³/mol. The van der Waals surface area contributed by atoms with Gasteiger partial charge in [-0.2, -0.15) is 0 Å². The van der Waals surface area contributed by atoms with Crippen LogP contribution in [0.15, 0.2) is 36.5 Å². The predicted octanol–water partition coefficient (Wildman–Crippen LogP) is 2.86. The van der Waals surface area contributed by atoms with Crippen molar-refractivity contribution < 1.29 is 0 Å². The van der Waals surface area contributed by atoms with E-state index in [9.17, 15) is 0 Å². The van der Waals surface area contributed by atoms with Gasteiger partial charge in [0.15, 0.2) is 0 Å². The molecule has 0 saturated carbocycles. The molecular weight excluding hydrogens is 256 g/mol. The zero-order chi connectivity index (χ0) is 13.1. The summed E-state index contributed by atoms with van der Waals surface area (Å²) in [5.74, 6) is 0. The van der Waals surface area contributed by atoms with Crippen molar-refractivity contribution in [2.24, 2.45) is 0 Å². The van der Waals surface area contributed by atoms with Gasteiger partial charge in [-0.3, -0.25) is 4.98 Å². The lowest BCUT2D eigenvalue weighted by molar-refractivity contribution is 0.715. The van der Waals surface area contributed by atoms with Gasteiger partial charge < -0.3 is 5.32 Å². The van der Waals surface area contributed by atoms with E-state index < -0.39 is 0 Å². The van der Waals surface area contributed by atoms with Crippen molar-refractivity contribution >= 4 is 22.2 Å². The van der Waals surface area contributed by atoms with Crippen LogP contribution in [0.25, 0.3) is 21.5 Å². The fraction of sp³-hybridized carbons (Fsp3) is 0.214. The summed E-state index contributed by atoms with van der Waals surface area (Å²) in [6.07, 6.45) is 1.81. The summed E-state index contributed by atoms with van der Waals surface area (Å²) in [5.41, 5.74) is 2.09. The summed E-state index contributed by atoms with van der Waals surface area (Å²) in [7, 11) is 0. The first-order valence-electron chi connectivity index (χ1n) is 6.25. The number of rotatable bonds is 4. The number of pyridine rings is 1. The number of benzene rings is 1. The van der Waals surface area contributed by atoms with Crippen LogP contribution in [-0.4, -0.2) is 21.7 Å². The first kappa shape index (κ1) is 12.2. The lowest BCUT2D eigenvalue weighted by Gasteiger charge is -2.01. The van der Waals surface area contributed by atoms with Gasteiger partial charge in [-0.1, -0.05) is 36.5 Å². The molecular formula is C14H14N4S. The quantitative estimate of drug-likeness (QED) is 0.792. The fourth-order valence-corrected chi connectivity index (χ4v) is 2.80. The molecule has 19 heavy (non-hydrogen) atoms. The highest BCUT2D eigenvalue weighted by molar-refractivity contribution is 7.14. The first-order valence-corrected chi connectivity index (χ1v) is 7.07. The van der Waals surface area contributed by atoms with E-state index in [4.69, 9.17) is 0 Å². The Balaban J connectivity index is 2.02. The third-order valence-electron chi connectivity index (χ3n) is 2.87. The van der Waals surface area contributed by atoms with Gasteiger partial charge in [-0.05, 0) is 18.7 Å². The number of nitrogens with one attached hydrogen (secondary N) is 1. The van der Waals surface area contributed by atoms with Gasteiger partial charge in [0, 0.05) is 23.7 Å². The van der Waals surface area contributed by atoms with E-state index >= 15 is 0 Å². The van der Waals surface area contributed by atoms with Gasteiger partial charge in [0.1, 0.15) is 10.0 Å². The average molecular weight is 270 g/mol. The molecule has 0 aliphatic rings. The molecule has 1 aromatic carbocycles. The summed E-state index contributed by atoms with van der Waals surface area (Å²) in [4.78, 5) is 4.37. The van der Waals surface area contributed by atoms with Crippen LogP contribution in [0.2, 0.25) is 0 Å². The second kappa shape index (κ2) is 5.42. The summed E-state index contributed by atoms with van der Waals surface area (Å²) in [6, 6.07) is 10.1. The third kappa shape index (κ3) is 2.47. The number of nitrogens with zero attached hydrogens (tertiary/aromatic N) is 3. The van der Waals surface area contributed by atoms with E-state index in [1.54, 1.807) is 11.3 Å². The maximum atomic E-state index is 4.37. The Bertz CT molecular complexity index is 687. The number of hydrogen-bond acceptors (Lipinski definition) is 5. The number of aromatic nitrogens is 3. The van der Waals surface area contributed by atoms with Crippen LogP contribution in [0.1, 0.15) is 11.9 Å². The SMILES string of the molecule is CCNCc1nnc(-c2cccc3ncccc23)s1. The standard InChI is InChI=1S/C14H14N4S/c1-2-15-9-13-17-18-14(19-13)11-5-3-7-12-10(11)6-4-8-16-12/h3-8,15H,2,9H2,1H3. The van der Waals surface area contributed by atoms with Gasteiger partial charge in [0.05, 0.1) is 5.52 Å². The van der Waals surface area contributed by atoms with Crippen LogP contribution >= 0.6 is 11.3 Å². The van der Waals surface area contributed by atoms with Crippen molar-refractivity contribution in [2.75, 3.05) is 6.54 Å². The second-order valence-electron chi connectivity index (χ2n) is 4.16. The normalized spacial score (nSPS) is 11.0. The van der Waals surface area contributed by atoms with E-state index in [0.29, 0.717) is 0 Å². The Morgan fingerprint density at radius 3 is 3.00 bits per heavy atom. The third-order valence-corrected chi connectivity index (χ3v) is 3.83. The molecule has 0 atom stereocenters. The molecule has 0 fully saturated rings. The van der Waals surface area contributed by atoms with Crippen LogP contribution in [0, 0.1) is 0 Å². The minimum atomic E-state index is 0.775. The molecule has 3 aromatic rings. The molecule has 0 bridgehead atoms. The van der Waals surface area contributed by atoms with Crippen molar-refractivity contribution in [1.82, 2.24) is 20.5 Å².